The Balaban J connectivity index is 1.93. The van der Waals surface area contributed by atoms with E-state index in [-0.39, 0.29) is 6.29 Å². The van der Waals surface area contributed by atoms with Gasteiger partial charge in [-0.25, -0.2) is 15.1 Å². The molecule has 1 heterocycles. The van der Waals surface area contributed by atoms with Gasteiger partial charge in [-0.2, -0.15) is 0 Å². The van der Waals surface area contributed by atoms with Gasteiger partial charge in [0.25, 0.3) is 0 Å². The number of fused-ring (bicyclic) bond motifs is 1. The molecule has 29 heavy (non-hydrogen) atoms. The van der Waals surface area contributed by atoms with E-state index in [1.54, 1.807) is 11.8 Å². The van der Waals surface area contributed by atoms with Gasteiger partial charge in [0, 0.05) is 25.8 Å². The van der Waals surface area contributed by atoms with Gasteiger partial charge in [0.1, 0.15) is 6.29 Å². The molecule has 8 heteroatoms. The number of thioether (sulfide) groups is 2. The van der Waals surface area contributed by atoms with Gasteiger partial charge < -0.3 is 10.3 Å². The Kier molecular flexibility index (Phi) is 6.35. The first-order valence-electron chi connectivity index (χ1n) is 9.15. The third kappa shape index (κ3) is 4.40. The van der Waals surface area contributed by atoms with Crippen LogP contribution in [0.25, 0.3) is 5.57 Å². The van der Waals surface area contributed by atoms with Gasteiger partial charge >= 0.3 is 7.60 Å². The van der Waals surface area contributed by atoms with Crippen LogP contribution in [-0.2, 0) is 13.7 Å². The molecule has 0 fully saturated rings. The highest BCUT2D eigenvalue weighted by atomic mass is 32.2. The zero-order chi connectivity index (χ0) is 20.3. The highest BCUT2D eigenvalue weighted by molar-refractivity contribution is 8.04. The highest BCUT2D eigenvalue weighted by Gasteiger charge is 2.32. The highest BCUT2D eigenvalue weighted by Crippen LogP contribution is 2.56. The summed E-state index contributed by atoms with van der Waals surface area (Å²) in [6.07, 6.45) is 5.83. The molecule has 4 N–H and O–H groups in total. The van der Waals surface area contributed by atoms with Crippen molar-refractivity contribution in [3.8, 4) is 0 Å². The molecule has 0 spiro atoms. The maximum Gasteiger partial charge on any atom is 0.409 e. The Hall–Kier alpha value is -1.73. The van der Waals surface area contributed by atoms with Gasteiger partial charge in [-0.15, -0.1) is 0 Å². The second kappa shape index (κ2) is 8.96. The van der Waals surface area contributed by atoms with E-state index < -0.39 is 7.60 Å². The van der Waals surface area contributed by atoms with Crippen LogP contribution in [0.15, 0.2) is 92.1 Å². The zero-order valence-electron chi connectivity index (χ0n) is 15.6. The number of benzene rings is 2. The Bertz CT molecular complexity index is 1040. The summed E-state index contributed by atoms with van der Waals surface area (Å²) in [7, 11) is -3.67. The van der Waals surface area contributed by atoms with Gasteiger partial charge in [0.2, 0.25) is 0 Å². The quantitative estimate of drug-likeness (QED) is 0.249. The molecule has 2 aromatic rings. The van der Waals surface area contributed by atoms with Crippen molar-refractivity contribution in [2.75, 3.05) is 6.29 Å². The Labute approximate surface area is 178 Å². The second-order valence-electron chi connectivity index (χ2n) is 6.45. The summed E-state index contributed by atoms with van der Waals surface area (Å²) in [5, 5.41) is 0.492. The number of allylic oxidation sites excluding steroid dienone is 4. The molecule has 0 radical (unpaired) electrons. The topological polar surface area (TPSA) is 87.6 Å². The number of rotatable bonds is 6. The van der Waals surface area contributed by atoms with Gasteiger partial charge in [0.15, 0.2) is 5.09 Å². The largest absolute Gasteiger partial charge is 0.415 e. The lowest BCUT2D eigenvalue weighted by atomic mass is 9.92. The molecule has 1 aliphatic heterocycles. The number of hydrogen-bond acceptors (Lipinski definition) is 7. The maximum absolute atomic E-state index is 12.9. The molecular formula is C21H21N2O3PS2. The van der Waals surface area contributed by atoms with Crippen LogP contribution in [0.2, 0.25) is 0 Å². The first kappa shape index (κ1) is 20.5. The standard InChI is InChI=1S/C21H21N2O3PS2/c22-14-27(24,26-23)25-21(28-15-8-2-1-3-9-15)20-16-10-4-6-12-18(16)29-19-13-7-5-11-17(19)20/h1-4,6-10,12-13H,5,11,14,22-23H2/b21-20+. The molecule has 0 amide bonds. The summed E-state index contributed by atoms with van der Waals surface area (Å²) < 4.78 is 23.5. The fourth-order valence-electron chi connectivity index (χ4n) is 3.20. The lowest BCUT2D eigenvalue weighted by Gasteiger charge is -2.28. The molecule has 1 unspecified atom stereocenters. The minimum Gasteiger partial charge on any atom is -0.415 e. The SMILES string of the molecule is NCP(=O)(ON)O/C(Sc1ccccc1)=C1\C2=C(C=CCC2)Sc2ccccc21. The Morgan fingerprint density at radius 3 is 2.66 bits per heavy atom. The van der Waals surface area contributed by atoms with Crippen LogP contribution in [0.4, 0.5) is 0 Å². The van der Waals surface area contributed by atoms with Gasteiger partial charge in [-0.3, -0.25) is 0 Å². The van der Waals surface area contributed by atoms with Crippen LogP contribution in [0, 0.1) is 0 Å². The third-order valence-corrected chi connectivity index (χ3v) is 8.08. The molecule has 0 saturated heterocycles. The van der Waals surface area contributed by atoms with E-state index in [4.69, 9.17) is 20.8 Å². The van der Waals surface area contributed by atoms with Crippen LogP contribution in [0.5, 0.6) is 0 Å². The van der Waals surface area contributed by atoms with Crippen LogP contribution in [0.3, 0.4) is 0 Å². The fourth-order valence-corrected chi connectivity index (χ4v) is 6.24. The molecule has 2 aromatic carbocycles. The molecular weight excluding hydrogens is 423 g/mol. The molecule has 2 aliphatic rings. The average Bonchev–Trinajstić information content (AvgIpc) is 2.77. The van der Waals surface area contributed by atoms with Crippen molar-refractivity contribution in [1.29, 1.82) is 0 Å². The van der Waals surface area contributed by atoms with Crippen molar-refractivity contribution < 1.29 is 13.7 Å². The van der Waals surface area contributed by atoms with Crippen molar-refractivity contribution in [2.45, 2.75) is 22.6 Å². The lowest BCUT2D eigenvalue weighted by Crippen LogP contribution is -2.12. The van der Waals surface area contributed by atoms with E-state index in [9.17, 15) is 4.57 Å². The Morgan fingerprint density at radius 1 is 1.14 bits per heavy atom. The molecule has 4 rings (SSSR count). The predicted octanol–water partition coefficient (Wildman–Crippen LogP) is 5.87. The van der Waals surface area contributed by atoms with Crippen LogP contribution >= 0.6 is 31.1 Å². The van der Waals surface area contributed by atoms with E-state index in [0.717, 1.165) is 33.8 Å². The molecule has 0 saturated carbocycles. The second-order valence-corrected chi connectivity index (χ2v) is 10.6. The summed E-state index contributed by atoms with van der Waals surface area (Å²) in [6, 6.07) is 18.0. The summed E-state index contributed by atoms with van der Waals surface area (Å²) >= 11 is 3.14. The predicted molar refractivity (Wildman–Crippen MR) is 120 cm³/mol. The number of nitrogens with two attached hydrogens (primary N) is 2. The maximum atomic E-state index is 12.9. The van der Waals surface area contributed by atoms with E-state index in [1.807, 2.05) is 42.5 Å². The van der Waals surface area contributed by atoms with Crippen LogP contribution < -0.4 is 11.6 Å². The summed E-state index contributed by atoms with van der Waals surface area (Å²) in [6.45, 7) is 0. The molecule has 0 bridgehead atoms. The third-order valence-electron chi connectivity index (χ3n) is 4.57. The van der Waals surface area contributed by atoms with E-state index in [2.05, 4.69) is 24.3 Å². The summed E-state index contributed by atoms with van der Waals surface area (Å²) in [5.74, 6) is 5.29. The minimum atomic E-state index is -3.67. The Morgan fingerprint density at radius 2 is 1.90 bits per heavy atom. The molecule has 1 atom stereocenters. The van der Waals surface area contributed by atoms with E-state index in [0.29, 0.717) is 5.09 Å². The average molecular weight is 445 g/mol. The summed E-state index contributed by atoms with van der Waals surface area (Å²) in [4.78, 5) is 3.26. The molecule has 0 aromatic heterocycles. The van der Waals surface area contributed by atoms with E-state index >= 15 is 0 Å². The first-order valence-corrected chi connectivity index (χ1v) is 12.5. The smallest absolute Gasteiger partial charge is 0.409 e. The fraction of sp³-hybridized carbons (Fsp3) is 0.143. The van der Waals surface area contributed by atoms with Crippen molar-refractivity contribution in [3.05, 3.63) is 87.9 Å². The normalized spacial score (nSPS) is 19.2. The first-order chi connectivity index (χ1) is 14.1. The monoisotopic (exact) mass is 444 g/mol. The van der Waals surface area contributed by atoms with Crippen molar-refractivity contribution in [2.24, 2.45) is 11.6 Å². The van der Waals surface area contributed by atoms with Crippen molar-refractivity contribution >= 4 is 36.7 Å². The van der Waals surface area contributed by atoms with Gasteiger partial charge in [0.05, 0.1) is 0 Å². The van der Waals surface area contributed by atoms with Crippen molar-refractivity contribution in [3.63, 3.8) is 0 Å². The molecule has 5 nitrogen and oxygen atoms in total. The van der Waals surface area contributed by atoms with Crippen molar-refractivity contribution in [1.82, 2.24) is 0 Å². The van der Waals surface area contributed by atoms with Crippen LogP contribution in [-0.4, -0.2) is 6.29 Å². The van der Waals surface area contributed by atoms with E-state index in [1.165, 1.54) is 22.2 Å². The zero-order valence-corrected chi connectivity index (χ0v) is 18.1. The summed E-state index contributed by atoms with van der Waals surface area (Å²) in [5.41, 5.74) is 8.81. The van der Waals surface area contributed by atoms with Gasteiger partial charge in [-0.05, 0) is 36.6 Å². The molecule has 1 aliphatic carbocycles. The molecule has 150 valence electrons. The minimum absolute atomic E-state index is 0.308. The lowest BCUT2D eigenvalue weighted by molar-refractivity contribution is 0.254. The number of hydrogen-bond donors (Lipinski definition) is 2. The van der Waals surface area contributed by atoms with Crippen LogP contribution in [0.1, 0.15) is 18.4 Å². The van der Waals surface area contributed by atoms with Gasteiger partial charge in [-0.1, -0.05) is 72.1 Å².